The Labute approximate surface area is 163 Å². The fourth-order valence-electron chi connectivity index (χ4n) is 3.19. The van der Waals surface area contributed by atoms with Crippen LogP contribution in [0.4, 0.5) is 17.6 Å². The maximum absolute atomic E-state index is 13.2. The number of rotatable bonds is 4. The first-order valence-corrected chi connectivity index (χ1v) is 9.60. The van der Waals surface area contributed by atoms with Crippen LogP contribution in [0, 0.1) is 11.7 Å². The van der Waals surface area contributed by atoms with E-state index in [-0.39, 0.29) is 29.8 Å². The number of halogens is 4. The molecule has 3 rings (SSSR count). The molecule has 1 aliphatic rings. The van der Waals surface area contributed by atoms with E-state index in [1.807, 2.05) is 5.38 Å². The predicted octanol–water partition coefficient (Wildman–Crippen LogP) is 4.07. The Kier molecular flexibility index (Phi) is 6.02. The molecule has 1 aromatic carbocycles. The number of carbonyl (C=O) groups excluding carboxylic acids is 2. The topological polar surface area (TPSA) is 49.4 Å². The molecule has 0 radical (unpaired) electrons. The Hall–Kier alpha value is -2.42. The van der Waals surface area contributed by atoms with Gasteiger partial charge in [-0.1, -0.05) is 12.1 Å². The first kappa shape index (κ1) is 20.3. The zero-order chi connectivity index (χ0) is 20.3. The molecule has 9 heteroatoms. The number of hydrogen-bond acceptors (Lipinski definition) is 3. The molecule has 0 spiro atoms. The third-order valence-corrected chi connectivity index (χ3v) is 5.57. The van der Waals surface area contributed by atoms with Crippen molar-refractivity contribution in [1.29, 1.82) is 0 Å². The second-order valence-corrected chi connectivity index (χ2v) is 7.51. The van der Waals surface area contributed by atoms with Crippen LogP contribution in [-0.2, 0) is 17.5 Å². The van der Waals surface area contributed by atoms with Gasteiger partial charge in [0.25, 0.3) is 5.91 Å². The van der Waals surface area contributed by atoms with E-state index in [4.69, 9.17) is 0 Å². The number of amides is 2. The quantitative estimate of drug-likeness (QED) is 0.767. The maximum atomic E-state index is 13.2. The average Bonchev–Trinajstić information content (AvgIpc) is 3.20. The summed E-state index contributed by atoms with van der Waals surface area (Å²) in [4.78, 5) is 27.0. The highest BCUT2D eigenvalue weighted by molar-refractivity contribution is 7.12. The largest absolute Gasteiger partial charge is 0.416 e. The molecule has 1 aromatic heterocycles. The first-order chi connectivity index (χ1) is 13.3. The molecule has 4 nitrogen and oxygen atoms in total. The third-order valence-electron chi connectivity index (χ3n) is 4.72. The van der Waals surface area contributed by atoms with Crippen molar-refractivity contribution >= 4 is 23.2 Å². The lowest BCUT2D eigenvalue weighted by atomic mass is 9.95. The van der Waals surface area contributed by atoms with Gasteiger partial charge in [0.2, 0.25) is 5.91 Å². The molecule has 2 aromatic rings. The summed E-state index contributed by atoms with van der Waals surface area (Å²) in [6, 6.07) is 5.93. The van der Waals surface area contributed by atoms with Crippen LogP contribution < -0.4 is 5.32 Å². The van der Waals surface area contributed by atoms with Crippen molar-refractivity contribution in [3.8, 4) is 0 Å². The second kappa shape index (κ2) is 8.30. The van der Waals surface area contributed by atoms with Crippen LogP contribution in [0.25, 0.3) is 0 Å². The zero-order valence-corrected chi connectivity index (χ0v) is 15.6. The number of thiophene rings is 1. The van der Waals surface area contributed by atoms with Crippen LogP contribution in [0.15, 0.2) is 35.7 Å². The number of hydrogen-bond donors (Lipinski definition) is 1. The first-order valence-electron chi connectivity index (χ1n) is 8.72. The Morgan fingerprint density at radius 1 is 1.18 bits per heavy atom. The second-order valence-electron chi connectivity index (χ2n) is 6.56. The maximum Gasteiger partial charge on any atom is 0.416 e. The van der Waals surface area contributed by atoms with Crippen molar-refractivity contribution in [1.82, 2.24) is 10.2 Å². The van der Waals surface area contributed by atoms with Gasteiger partial charge in [0, 0.05) is 25.6 Å². The SMILES string of the molecule is O=C(NCc1ccc(F)cc1C(F)(F)F)C1CCN(C(=O)c2cccs2)CC1. The summed E-state index contributed by atoms with van der Waals surface area (Å²) < 4.78 is 52.2. The van der Waals surface area contributed by atoms with E-state index >= 15 is 0 Å². The highest BCUT2D eigenvalue weighted by atomic mass is 32.1. The van der Waals surface area contributed by atoms with Crippen LogP contribution in [0.3, 0.4) is 0 Å². The van der Waals surface area contributed by atoms with E-state index in [9.17, 15) is 27.2 Å². The van der Waals surface area contributed by atoms with Gasteiger partial charge in [0.05, 0.1) is 10.4 Å². The fraction of sp³-hybridized carbons (Fsp3) is 0.368. The van der Waals surface area contributed by atoms with Gasteiger partial charge in [0.15, 0.2) is 0 Å². The Bertz CT molecular complexity index is 844. The molecule has 1 saturated heterocycles. The lowest BCUT2D eigenvalue weighted by molar-refractivity contribution is -0.138. The van der Waals surface area contributed by atoms with Gasteiger partial charge in [-0.25, -0.2) is 4.39 Å². The molecule has 1 fully saturated rings. The highest BCUT2D eigenvalue weighted by Gasteiger charge is 2.34. The standard InChI is InChI=1S/C19H18F4N2O2S/c20-14-4-3-13(15(10-14)19(21,22)23)11-24-17(26)12-5-7-25(8-6-12)18(27)16-2-1-9-28-16/h1-4,9-10,12H,5-8,11H2,(H,24,26). The van der Waals surface area contributed by atoms with Gasteiger partial charge in [-0.2, -0.15) is 13.2 Å². The molecule has 150 valence electrons. The number of likely N-dealkylation sites (tertiary alicyclic amines) is 1. The van der Waals surface area contributed by atoms with Gasteiger partial charge < -0.3 is 10.2 Å². The van der Waals surface area contributed by atoms with Crippen LogP contribution in [0.1, 0.15) is 33.6 Å². The van der Waals surface area contributed by atoms with Gasteiger partial charge in [0.1, 0.15) is 5.82 Å². The molecule has 0 bridgehead atoms. The van der Waals surface area contributed by atoms with E-state index in [0.29, 0.717) is 36.9 Å². The van der Waals surface area contributed by atoms with Gasteiger partial charge in [-0.15, -0.1) is 11.3 Å². The van der Waals surface area contributed by atoms with Crippen molar-refractivity contribution in [2.24, 2.45) is 5.92 Å². The van der Waals surface area contributed by atoms with E-state index in [1.165, 1.54) is 11.3 Å². The Morgan fingerprint density at radius 3 is 2.50 bits per heavy atom. The minimum Gasteiger partial charge on any atom is -0.352 e. The minimum absolute atomic E-state index is 0.0741. The molecular weight excluding hydrogens is 396 g/mol. The summed E-state index contributed by atoms with van der Waals surface area (Å²) in [5.41, 5.74) is -1.28. The fourth-order valence-corrected chi connectivity index (χ4v) is 3.89. The monoisotopic (exact) mass is 414 g/mol. The number of piperidine rings is 1. The number of nitrogens with one attached hydrogen (secondary N) is 1. The molecule has 28 heavy (non-hydrogen) atoms. The molecule has 1 N–H and O–H groups in total. The summed E-state index contributed by atoms with van der Waals surface area (Å²) >= 11 is 1.35. The van der Waals surface area contributed by atoms with Crippen LogP contribution in [0.2, 0.25) is 0 Å². The average molecular weight is 414 g/mol. The van der Waals surface area contributed by atoms with E-state index in [0.717, 1.165) is 12.1 Å². The van der Waals surface area contributed by atoms with E-state index < -0.39 is 17.6 Å². The molecule has 0 saturated carbocycles. The van der Waals surface area contributed by atoms with E-state index in [1.54, 1.807) is 17.0 Å². The molecule has 1 aliphatic heterocycles. The smallest absolute Gasteiger partial charge is 0.352 e. The molecule has 0 unspecified atom stereocenters. The molecule has 2 amide bonds. The van der Waals surface area contributed by atoms with Crippen molar-refractivity contribution in [3.05, 3.63) is 57.5 Å². The van der Waals surface area contributed by atoms with Crippen molar-refractivity contribution in [2.75, 3.05) is 13.1 Å². The number of benzene rings is 1. The summed E-state index contributed by atoms with van der Waals surface area (Å²) in [6.07, 6.45) is -3.81. The van der Waals surface area contributed by atoms with Crippen molar-refractivity contribution < 1.29 is 27.2 Å². The minimum atomic E-state index is -4.70. The lowest BCUT2D eigenvalue weighted by Crippen LogP contribution is -2.42. The van der Waals surface area contributed by atoms with Gasteiger partial charge >= 0.3 is 6.18 Å². The Balaban J connectivity index is 1.55. The molecule has 2 heterocycles. The molecular formula is C19H18F4N2O2S. The predicted molar refractivity (Wildman–Crippen MR) is 96.2 cm³/mol. The van der Waals surface area contributed by atoms with Crippen molar-refractivity contribution in [3.63, 3.8) is 0 Å². The summed E-state index contributed by atoms with van der Waals surface area (Å²) in [5, 5.41) is 4.33. The third kappa shape index (κ3) is 4.70. The summed E-state index contributed by atoms with van der Waals surface area (Å²) in [6.45, 7) is 0.501. The number of carbonyl (C=O) groups is 2. The zero-order valence-electron chi connectivity index (χ0n) is 14.8. The summed E-state index contributed by atoms with van der Waals surface area (Å²) in [5.74, 6) is -1.79. The lowest BCUT2D eigenvalue weighted by Gasteiger charge is -2.31. The highest BCUT2D eigenvalue weighted by Crippen LogP contribution is 2.32. The normalized spacial score (nSPS) is 15.5. The Morgan fingerprint density at radius 2 is 1.89 bits per heavy atom. The van der Waals surface area contributed by atoms with E-state index in [2.05, 4.69) is 5.32 Å². The van der Waals surface area contributed by atoms with Crippen LogP contribution in [0.5, 0.6) is 0 Å². The summed E-state index contributed by atoms with van der Waals surface area (Å²) in [7, 11) is 0. The number of nitrogens with zero attached hydrogens (tertiary/aromatic N) is 1. The van der Waals surface area contributed by atoms with Crippen LogP contribution >= 0.6 is 11.3 Å². The number of alkyl halides is 3. The van der Waals surface area contributed by atoms with Gasteiger partial charge in [-0.05, 0) is 42.0 Å². The molecule has 0 aliphatic carbocycles. The molecule has 0 atom stereocenters. The van der Waals surface area contributed by atoms with Gasteiger partial charge in [-0.3, -0.25) is 9.59 Å². The van der Waals surface area contributed by atoms with Crippen LogP contribution in [-0.4, -0.2) is 29.8 Å². The van der Waals surface area contributed by atoms with Crippen molar-refractivity contribution in [2.45, 2.75) is 25.6 Å².